The molecule has 0 aliphatic carbocycles. The number of nitrogens with zero attached hydrogens (tertiary/aromatic N) is 3. The van der Waals surface area contributed by atoms with Crippen molar-refractivity contribution in [1.82, 2.24) is 20.1 Å². The molecular formula is C20H21ClN4O3S. The maximum Gasteiger partial charge on any atom is 0.266 e. The first-order valence-electron chi connectivity index (χ1n) is 9.34. The van der Waals surface area contributed by atoms with Gasteiger partial charge in [0.15, 0.2) is 0 Å². The minimum atomic E-state index is -0.254. The van der Waals surface area contributed by atoms with Gasteiger partial charge in [0.1, 0.15) is 16.7 Å². The molecule has 1 atom stereocenters. The average molecular weight is 433 g/mol. The van der Waals surface area contributed by atoms with Crippen LogP contribution in [0, 0.1) is 6.92 Å². The minimum Gasteiger partial charge on any atom is -0.492 e. The molecule has 1 N–H and O–H groups in total. The predicted molar refractivity (Wildman–Crippen MR) is 111 cm³/mol. The zero-order valence-electron chi connectivity index (χ0n) is 15.9. The van der Waals surface area contributed by atoms with Crippen molar-refractivity contribution in [2.75, 3.05) is 26.3 Å². The molecule has 1 aromatic carbocycles. The molecule has 0 saturated carbocycles. The Balaban J connectivity index is 1.34. The number of aromatic nitrogens is 3. The van der Waals surface area contributed by atoms with E-state index in [-0.39, 0.29) is 12.0 Å². The van der Waals surface area contributed by atoms with Gasteiger partial charge in [-0.3, -0.25) is 9.89 Å². The number of carbonyl (C=O) groups is 1. The van der Waals surface area contributed by atoms with Crippen LogP contribution in [0.25, 0.3) is 0 Å². The average Bonchev–Trinajstić information content (AvgIpc) is 3.38. The first kappa shape index (κ1) is 19.9. The standard InChI is InChI=1S/C20H21ClN4O3S/c1-13-19(29-12-22-13)20(26)25-7-9-28-18(11-25)16-10-14(23-24-16)6-8-27-17-5-3-2-4-15(17)21/h2-5,10,12,18H,6-9,11H2,1H3,(H,23,24). The molecule has 1 saturated heterocycles. The Morgan fingerprint density at radius 1 is 1.45 bits per heavy atom. The SMILES string of the molecule is Cc1ncsc1C(=O)N1CCOC(c2cc(CCOc3ccccc3Cl)[nH]n2)C1. The zero-order chi connectivity index (χ0) is 20.2. The molecule has 9 heteroatoms. The normalized spacial score (nSPS) is 16.8. The smallest absolute Gasteiger partial charge is 0.266 e. The second-order valence-corrected chi connectivity index (χ2v) is 7.99. The van der Waals surface area contributed by atoms with Gasteiger partial charge in [-0.2, -0.15) is 5.10 Å². The Bertz CT molecular complexity index is 990. The third-order valence-electron chi connectivity index (χ3n) is 4.74. The fourth-order valence-corrected chi connectivity index (χ4v) is 4.13. The van der Waals surface area contributed by atoms with E-state index in [0.29, 0.717) is 48.4 Å². The Labute approximate surface area is 177 Å². The summed E-state index contributed by atoms with van der Waals surface area (Å²) in [6.45, 7) is 3.84. The molecule has 29 heavy (non-hydrogen) atoms. The van der Waals surface area contributed by atoms with Gasteiger partial charge >= 0.3 is 0 Å². The van der Waals surface area contributed by atoms with Crippen molar-refractivity contribution >= 4 is 28.8 Å². The highest BCUT2D eigenvalue weighted by molar-refractivity contribution is 7.11. The van der Waals surface area contributed by atoms with Crippen LogP contribution in [0.4, 0.5) is 0 Å². The molecule has 1 aliphatic heterocycles. The lowest BCUT2D eigenvalue weighted by atomic mass is 10.1. The number of halogens is 1. The quantitative estimate of drug-likeness (QED) is 0.642. The maximum atomic E-state index is 12.8. The van der Waals surface area contributed by atoms with E-state index in [2.05, 4.69) is 15.2 Å². The van der Waals surface area contributed by atoms with Gasteiger partial charge in [-0.25, -0.2) is 4.98 Å². The summed E-state index contributed by atoms with van der Waals surface area (Å²) in [5, 5.41) is 8.00. The summed E-state index contributed by atoms with van der Waals surface area (Å²) in [6.07, 6.45) is 0.406. The molecule has 7 nitrogen and oxygen atoms in total. The molecule has 4 rings (SSSR count). The highest BCUT2D eigenvalue weighted by Gasteiger charge is 2.29. The van der Waals surface area contributed by atoms with E-state index < -0.39 is 0 Å². The highest BCUT2D eigenvalue weighted by Crippen LogP contribution is 2.25. The van der Waals surface area contributed by atoms with Gasteiger partial charge in [0.25, 0.3) is 5.91 Å². The van der Waals surface area contributed by atoms with Gasteiger partial charge in [-0.15, -0.1) is 11.3 Å². The molecule has 0 bridgehead atoms. The number of thiazole rings is 1. The molecule has 2 aromatic heterocycles. The Morgan fingerprint density at radius 2 is 2.31 bits per heavy atom. The molecule has 1 unspecified atom stereocenters. The zero-order valence-corrected chi connectivity index (χ0v) is 17.5. The van der Waals surface area contributed by atoms with Crippen LogP contribution in [0.15, 0.2) is 35.8 Å². The van der Waals surface area contributed by atoms with Gasteiger partial charge < -0.3 is 14.4 Å². The van der Waals surface area contributed by atoms with Crippen LogP contribution in [0.5, 0.6) is 5.75 Å². The maximum absolute atomic E-state index is 12.8. The topological polar surface area (TPSA) is 80.3 Å². The molecule has 0 spiro atoms. The van der Waals surface area contributed by atoms with Crippen LogP contribution in [-0.2, 0) is 11.2 Å². The Morgan fingerprint density at radius 3 is 3.10 bits per heavy atom. The summed E-state index contributed by atoms with van der Waals surface area (Å²) in [5.41, 5.74) is 4.20. The molecule has 3 heterocycles. The lowest BCUT2D eigenvalue weighted by molar-refractivity contribution is -0.0246. The fourth-order valence-electron chi connectivity index (χ4n) is 3.17. The summed E-state index contributed by atoms with van der Waals surface area (Å²) < 4.78 is 11.6. The molecule has 1 amide bonds. The van der Waals surface area contributed by atoms with E-state index >= 15 is 0 Å². The molecule has 152 valence electrons. The number of rotatable bonds is 6. The Hall–Kier alpha value is -2.42. The third-order valence-corrected chi connectivity index (χ3v) is 5.97. The number of carbonyl (C=O) groups excluding carboxylic acids is 1. The fraction of sp³-hybridized carbons (Fsp3) is 0.350. The van der Waals surface area contributed by atoms with Crippen LogP contribution >= 0.6 is 22.9 Å². The van der Waals surface area contributed by atoms with Crippen LogP contribution in [-0.4, -0.2) is 52.3 Å². The number of morpholine rings is 1. The van der Waals surface area contributed by atoms with Gasteiger partial charge in [-0.05, 0) is 25.1 Å². The Kier molecular flexibility index (Phi) is 6.13. The van der Waals surface area contributed by atoms with Crippen molar-refractivity contribution < 1.29 is 14.3 Å². The van der Waals surface area contributed by atoms with Gasteiger partial charge in [0, 0.05) is 18.7 Å². The summed E-state index contributed by atoms with van der Waals surface area (Å²) in [6, 6.07) is 9.35. The van der Waals surface area contributed by atoms with E-state index in [1.54, 1.807) is 11.6 Å². The van der Waals surface area contributed by atoms with Crippen molar-refractivity contribution in [3.8, 4) is 5.75 Å². The largest absolute Gasteiger partial charge is 0.492 e. The number of hydrogen-bond donors (Lipinski definition) is 1. The van der Waals surface area contributed by atoms with E-state index in [4.69, 9.17) is 21.1 Å². The number of nitrogens with one attached hydrogen (secondary N) is 1. The van der Waals surface area contributed by atoms with E-state index in [1.807, 2.05) is 36.1 Å². The number of hydrogen-bond acceptors (Lipinski definition) is 6. The molecule has 3 aromatic rings. The van der Waals surface area contributed by atoms with Gasteiger partial charge in [0.2, 0.25) is 0 Å². The number of aromatic amines is 1. The third kappa shape index (κ3) is 4.60. The predicted octanol–water partition coefficient (Wildman–Crippen LogP) is 3.66. The molecule has 1 aliphatic rings. The van der Waals surface area contributed by atoms with Gasteiger partial charge in [-0.1, -0.05) is 23.7 Å². The number of ether oxygens (including phenoxy) is 2. The summed E-state index contributed by atoms with van der Waals surface area (Å²) in [5.74, 6) is 0.666. The molecule has 0 radical (unpaired) electrons. The number of benzene rings is 1. The summed E-state index contributed by atoms with van der Waals surface area (Å²) in [4.78, 5) is 19.4. The first-order valence-corrected chi connectivity index (χ1v) is 10.6. The van der Waals surface area contributed by atoms with Crippen LogP contribution in [0.1, 0.15) is 32.9 Å². The van der Waals surface area contributed by atoms with Crippen molar-refractivity contribution in [3.05, 3.63) is 62.8 Å². The minimum absolute atomic E-state index is 0.00204. The van der Waals surface area contributed by atoms with E-state index in [9.17, 15) is 4.79 Å². The molecule has 1 fully saturated rings. The van der Waals surface area contributed by atoms with Crippen molar-refractivity contribution in [3.63, 3.8) is 0 Å². The second-order valence-electron chi connectivity index (χ2n) is 6.72. The number of para-hydroxylation sites is 1. The van der Waals surface area contributed by atoms with E-state index in [0.717, 1.165) is 17.1 Å². The van der Waals surface area contributed by atoms with Crippen LogP contribution in [0.3, 0.4) is 0 Å². The summed E-state index contributed by atoms with van der Waals surface area (Å²) >= 11 is 7.47. The van der Waals surface area contributed by atoms with Crippen molar-refractivity contribution in [1.29, 1.82) is 0 Å². The van der Waals surface area contributed by atoms with Crippen LogP contribution in [0.2, 0.25) is 5.02 Å². The lowest BCUT2D eigenvalue weighted by Gasteiger charge is -2.31. The number of H-pyrrole nitrogens is 1. The van der Waals surface area contributed by atoms with Crippen molar-refractivity contribution in [2.24, 2.45) is 0 Å². The first-order chi connectivity index (χ1) is 14.1. The molecular weight excluding hydrogens is 412 g/mol. The van der Waals surface area contributed by atoms with E-state index in [1.165, 1.54) is 11.3 Å². The van der Waals surface area contributed by atoms with Crippen molar-refractivity contribution in [2.45, 2.75) is 19.4 Å². The van der Waals surface area contributed by atoms with Gasteiger partial charge in [0.05, 0.1) is 41.7 Å². The number of amides is 1. The summed E-state index contributed by atoms with van der Waals surface area (Å²) in [7, 11) is 0. The van der Waals surface area contributed by atoms with Crippen LogP contribution < -0.4 is 4.74 Å². The lowest BCUT2D eigenvalue weighted by Crippen LogP contribution is -2.42. The number of aryl methyl sites for hydroxylation is 1. The monoisotopic (exact) mass is 432 g/mol. The second kappa shape index (κ2) is 8.94. The highest BCUT2D eigenvalue weighted by atomic mass is 35.5.